The van der Waals surface area contributed by atoms with Crippen LogP contribution >= 0.6 is 0 Å². The van der Waals surface area contributed by atoms with Gasteiger partial charge >= 0.3 is 0 Å². The Hall–Kier alpha value is -3.86. The Balaban J connectivity index is 1.54. The summed E-state index contributed by atoms with van der Waals surface area (Å²) in [5, 5.41) is 4.41. The second-order valence-corrected chi connectivity index (χ2v) is 10.6. The van der Waals surface area contributed by atoms with Crippen molar-refractivity contribution in [1.29, 1.82) is 0 Å². The van der Waals surface area contributed by atoms with Crippen molar-refractivity contribution in [3.63, 3.8) is 0 Å². The smallest absolute Gasteiger partial charge is 0.272 e. The number of rotatable bonds is 5. The molecule has 2 aliphatic rings. The van der Waals surface area contributed by atoms with E-state index in [4.69, 9.17) is 0 Å². The molecule has 2 heterocycles. The van der Waals surface area contributed by atoms with E-state index in [-0.39, 0.29) is 17.9 Å². The number of carbonyl (C=O) groups excluding carboxylic acids is 2. The van der Waals surface area contributed by atoms with Crippen molar-refractivity contribution < 1.29 is 9.59 Å². The molecule has 1 fully saturated rings. The molecule has 0 bridgehead atoms. The Morgan fingerprint density at radius 3 is 2.46 bits per heavy atom. The fourth-order valence-electron chi connectivity index (χ4n) is 6.22. The summed E-state index contributed by atoms with van der Waals surface area (Å²) in [7, 11) is 0. The van der Waals surface area contributed by atoms with Gasteiger partial charge in [0.1, 0.15) is 5.69 Å². The maximum Gasteiger partial charge on any atom is 0.272 e. The lowest BCUT2D eigenvalue weighted by molar-refractivity contribution is -0.136. The van der Waals surface area contributed by atoms with Crippen molar-refractivity contribution in [1.82, 2.24) is 14.8 Å². The van der Waals surface area contributed by atoms with Crippen molar-refractivity contribution in [2.75, 3.05) is 0 Å². The standard InChI is InChI=1S/C32H33N3O2/c1-23-11-10-12-24(19-23)21-35-30(36)29-20-25-13-8-9-18-28(25)34(29)22-32(35,26-14-4-2-5-15-26)31(37)33-27-16-6-3-7-17-27/h2,4-5,8-15,18-20,27H,3,6-7,16-17,21-22H2,1H3,(H,33,37). The first kappa shape index (κ1) is 23.5. The minimum atomic E-state index is -1.17. The Morgan fingerprint density at radius 2 is 1.68 bits per heavy atom. The van der Waals surface area contributed by atoms with Crippen LogP contribution in [0.5, 0.6) is 0 Å². The summed E-state index contributed by atoms with van der Waals surface area (Å²) in [5.41, 5.74) is 3.43. The lowest BCUT2D eigenvalue weighted by atomic mass is 9.83. The van der Waals surface area contributed by atoms with E-state index in [1.165, 1.54) is 6.42 Å². The van der Waals surface area contributed by atoms with Crippen molar-refractivity contribution in [3.05, 3.63) is 107 Å². The van der Waals surface area contributed by atoms with Gasteiger partial charge in [0.05, 0.1) is 6.54 Å². The molecule has 4 aromatic rings. The van der Waals surface area contributed by atoms with E-state index in [1.807, 2.05) is 77.7 Å². The van der Waals surface area contributed by atoms with Crippen molar-refractivity contribution in [3.8, 4) is 0 Å². The molecule has 1 atom stereocenters. The zero-order chi connectivity index (χ0) is 25.4. The molecule has 5 heteroatoms. The third-order valence-electron chi connectivity index (χ3n) is 8.11. The molecule has 1 aliphatic heterocycles. The summed E-state index contributed by atoms with van der Waals surface area (Å²) < 4.78 is 2.05. The van der Waals surface area contributed by atoms with Crippen LogP contribution in [0.3, 0.4) is 0 Å². The highest BCUT2D eigenvalue weighted by molar-refractivity contribution is 6.04. The summed E-state index contributed by atoms with van der Waals surface area (Å²) in [4.78, 5) is 30.8. The van der Waals surface area contributed by atoms with Gasteiger partial charge in [-0.2, -0.15) is 0 Å². The second-order valence-electron chi connectivity index (χ2n) is 10.6. The van der Waals surface area contributed by atoms with Crippen LogP contribution in [0.2, 0.25) is 0 Å². The first-order valence-electron chi connectivity index (χ1n) is 13.4. The van der Waals surface area contributed by atoms with E-state index in [0.29, 0.717) is 18.8 Å². The van der Waals surface area contributed by atoms with Gasteiger partial charge < -0.3 is 14.8 Å². The second kappa shape index (κ2) is 9.55. The molecule has 0 spiro atoms. The van der Waals surface area contributed by atoms with Gasteiger partial charge in [-0.1, -0.05) is 97.6 Å². The summed E-state index contributed by atoms with van der Waals surface area (Å²) in [6.07, 6.45) is 5.44. The summed E-state index contributed by atoms with van der Waals surface area (Å²) >= 11 is 0. The highest BCUT2D eigenvalue weighted by Gasteiger charge is 2.52. The molecule has 2 amide bonds. The number of nitrogens with zero attached hydrogens (tertiary/aromatic N) is 2. The van der Waals surface area contributed by atoms with Crippen LogP contribution in [-0.2, 0) is 23.4 Å². The Labute approximate surface area is 218 Å². The normalized spacial score (nSPS) is 20.1. The number of aryl methyl sites for hydroxylation is 1. The van der Waals surface area contributed by atoms with E-state index in [9.17, 15) is 9.59 Å². The van der Waals surface area contributed by atoms with E-state index >= 15 is 0 Å². The molecular formula is C32H33N3O2. The summed E-state index contributed by atoms with van der Waals surface area (Å²) in [6.45, 7) is 2.78. The van der Waals surface area contributed by atoms with Crippen molar-refractivity contribution in [2.24, 2.45) is 0 Å². The highest BCUT2D eigenvalue weighted by Crippen LogP contribution is 2.40. The topological polar surface area (TPSA) is 54.3 Å². The lowest BCUT2D eigenvalue weighted by Crippen LogP contribution is -2.64. The maximum absolute atomic E-state index is 14.6. The van der Waals surface area contributed by atoms with Gasteiger partial charge in [0.15, 0.2) is 5.54 Å². The molecule has 5 nitrogen and oxygen atoms in total. The zero-order valence-electron chi connectivity index (χ0n) is 21.3. The average molecular weight is 492 g/mol. The highest BCUT2D eigenvalue weighted by atomic mass is 16.2. The third kappa shape index (κ3) is 4.12. The molecule has 1 saturated carbocycles. The molecular weight excluding hydrogens is 458 g/mol. The Bertz CT molecular complexity index is 1450. The first-order valence-corrected chi connectivity index (χ1v) is 13.4. The van der Waals surface area contributed by atoms with E-state index in [1.54, 1.807) is 0 Å². The van der Waals surface area contributed by atoms with Crippen LogP contribution in [-0.4, -0.2) is 27.3 Å². The molecule has 1 N–H and O–H groups in total. The number of amides is 2. The van der Waals surface area contributed by atoms with Gasteiger partial charge in [0.2, 0.25) is 0 Å². The van der Waals surface area contributed by atoms with Crippen LogP contribution in [0.15, 0.2) is 84.9 Å². The van der Waals surface area contributed by atoms with Crippen LogP contribution in [0, 0.1) is 6.92 Å². The predicted molar refractivity (Wildman–Crippen MR) is 146 cm³/mol. The monoisotopic (exact) mass is 491 g/mol. The van der Waals surface area contributed by atoms with E-state index < -0.39 is 5.54 Å². The van der Waals surface area contributed by atoms with Crippen LogP contribution in [0.25, 0.3) is 10.9 Å². The van der Waals surface area contributed by atoms with E-state index in [2.05, 4.69) is 28.9 Å². The number of para-hydroxylation sites is 1. The molecule has 0 saturated heterocycles. The minimum absolute atomic E-state index is 0.0879. The first-order chi connectivity index (χ1) is 18.1. The van der Waals surface area contributed by atoms with Gasteiger partial charge in [-0.05, 0) is 43.0 Å². The van der Waals surface area contributed by atoms with Gasteiger partial charge in [0, 0.05) is 23.5 Å². The number of nitrogens with one attached hydrogen (secondary N) is 1. The van der Waals surface area contributed by atoms with Gasteiger partial charge in [-0.15, -0.1) is 0 Å². The molecule has 0 radical (unpaired) electrons. The van der Waals surface area contributed by atoms with Crippen LogP contribution < -0.4 is 5.32 Å². The van der Waals surface area contributed by atoms with Gasteiger partial charge in [-0.25, -0.2) is 0 Å². The number of benzene rings is 3. The molecule has 1 aliphatic carbocycles. The van der Waals surface area contributed by atoms with Crippen LogP contribution in [0.1, 0.15) is 59.3 Å². The molecule has 1 aromatic heterocycles. The van der Waals surface area contributed by atoms with Gasteiger partial charge in [0.25, 0.3) is 11.8 Å². The lowest BCUT2D eigenvalue weighted by Gasteiger charge is -2.47. The minimum Gasteiger partial charge on any atom is -0.351 e. The molecule has 3 aromatic carbocycles. The molecule has 6 rings (SSSR count). The number of carbonyl (C=O) groups is 2. The number of hydrogen-bond acceptors (Lipinski definition) is 2. The van der Waals surface area contributed by atoms with Gasteiger partial charge in [-0.3, -0.25) is 9.59 Å². The largest absolute Gasteiger partial charge is 0.351 e. The summed E-state index contributed by atoms with van der Waals surface area (Å²) in [6, 6.07) is 28.2. The fraction of sp³-hybridized carbons (Fsp3) is 0.312. The van der Waals surface area contributed by atoms with Crippen LogP contribution in [0.4, 0.5) is 0 Å². The quantitative estimate of drug-likeness (QED) is 0.375. The third-order valence-corrected chi connectivity index (χ3v) is 8.11. The predicted octanol–water partition coefficient (Wildman–Crippen LogP) is 5.95. The molecule has 37 heavy (non-hydrogen) atoms. The van der Waals surface area contributed by atoms with Crippen molar-refractivity contribution >= 4 is 22.7 Å². The average Bonchev–Trinajstić information content (AvgIpc) is 3.30. The number of aromatic nitrogens is 1. The van der Waals surface area contributed by atoms with Crippen molar-refractivity contribution in [2.45, 2.75) is 63.7 Å². The maximum atomic E-state index is 14.6. The number of hydrogen-bond donors (Lipinski definition) is 1. The Morgan fingerprint density at radius 1 is 0.919 bits per heavy atom. The Kier molecular flexibility index (Phi) is 6.07. The SMILES string of the molecule is Cc1cccc(CN2C(=O)c3cc4ccccc4n3CC2(C(=O)NC2CCCCC2)c2ccccc2)c1. The zero-order valence-corrected chi connectivity index (χ0v) is 21.3. The number of fused-ring (bicyclic) bond motifs is 3. The summed E-state index contributed by atoms with van der Waals surface area (Å²) in [5.74, 6) is -0.207. The molecule has 1 unspecified atom stereocenters. The molecule has 188 valence electrons. The fourth-order valence-corrected chi connectivity index (χ4v) is 6.22. The van der Waals surface area contributed by atoms with E-state index in [0.717, 1.165) is 53.3 Å².